The van der Waals surface area contributed by atoms with E-state index in [9.17, 15) is 15.2 Å². The second-order valence-corrected chi connectivity index (χ2v) is 4.76. The first-order valence-corrected chi connectivity index (χ1v) is 6.44. The summed E-state index contributed by atoms with van der Waals surface area (Å²) in [5.74, 6) is 0. The number of rotatable bonds is 2. The minimum atomic E-state index is -0.846. The molecule has 0 spiro atoms. The minimum absolute atomic E-state index is 0.0194. The van der Waals surface area contributed by atoms with Gasteiger partial charge in [-0.2, -0.15) is 0 Å². The van der Waals surface area contributed by atoms with Crippen molar-refractivity contribution in [1.29, 1.82) is 0 Å². The number of benzene rings is 2. The molecule has 2 aromatic rings. The van der Waals surface area contributed by atoms with E-state index in [0.717, 1.165) is 17.5 Å². The molecule has 1 N–H and O–H groups in total. The number of hydrogen-bond donors (Lipinski definition) is 1. The van der Waals surface area contributed by atoms with Gasteiger partial charge in [0.25, 0.3) is 5.69 Å². The Morgan fingerprint density at radius 2 is 1.85 bits per heavy atom. The molecular weight excluding hydrogens is 256 g/mol. The Morgan fingerprint density at radius 3 is 2.65 bits per heavy atom. The smallest absolute Gasteiger partial charge is 0.292 e. The zero-order chi connectivity index (χ0) is 14.1. The van der Waals surface area contributed by atoms with Crippen LogP contribution in [0, 0.1) is 10.1 Å². The van der Waals surface area contributed by atoms with Crippen LogP contribution in [0.15, 0.2) is 48.5 Å². The second-order valence-electron chi connectivity index (χ2n) is 4.76. The van der Waals surface area contributed by atoms with Gasteiger partial charge in [0.1, 0.15) is 5.69 Å². The van der Waals surface area contributed by atoms with Crippen LogP contribution in [0.1, 0.15) is 17.4 Å². The van der Waals surface area contributed by atoms with Gasteiger partial charge in [-0.25, -0.2) is 0 Å². The molecule has 0 aliphatic carbocycles. The van der Waals surface area contributed by atoms with Gasteiger partial charge in [0.2, 0.25) is 0 Å². The Morgan fingerprint density at radius 1 is 1.15 bits per heavy atom. The summed E-state index contributed by atoms with van der Waals surface area (Å²) in [7, 11) is 0. The number of aliphatic hydroxyl groups is 1. The normalized spacial score (nSPS) is 17.6. The predicted octanol–water partition coefficient (Wildman–Crippen LogP) is 2.65. The molecule has 1 heterocycles. The van der Waals surface area contributed by atoms with Crippen LogP contribution in [-0.4, -0.2) is 16.6 Å². The number of nitrogens with zero attached hydrogens (tertiary/aromatic N) is 2. The summed E-state index contributed by atoms with van der Waals surface area (Å²) >= 11 is 0. The molecule has 0 aromatic heterocycles. The van der Waals surface area contributed by atoms with Gasteiger partial charge in [0.05, 0.1) is 4.92 Å². The molecule has 2 aromatic carbocycles. The zero-order valence-electron chi connectivity index (χ0n) is 10.8. The summed E-state index contributed by atoms with van der Waals surface area (Å²) < 4.78 is 0. The molecule has 1 aliphatic heterocycles. The van der Waals surface area contributed by atoms with Crippen LogP contribution in [0.3, 0.4) is 0 Å². The fourth-order valence-corrected chi connectivity index (χ4v) is 2.66. The first-order chi connectivity index (χ1) is 9.68. The van der Waals surface area contributed by atoms with Gasteiger partial charge in [-0.15, -0.1) is 0 Å². The van der Waals surface area contributed by atoms with E-state index >= 15 is 0 Å². The maximum absolute atomic E-state index is 11.1. The number of aliphatic hydroxyl groups excluding tert-OH is 1. The third kappa shape index (κ3) is 2.02. The highest BCUT2D eigenvalue weighted by atomic mass is 16.6. The summed E-state index contributed by atoms with van der Waals surface area (Å²) in [5, 5.41) is 21.6. The maximum atomic E-state index is 11.1. The molecule has 0 amide bonds. The number of nitro benzene ring substituents is 1. The number of hydrogen-bond acceptors (Lipinski definition) is 4. The molecule has 1 aliphatic rings. The fraction of sp³-hybridized carbons (Fsp3) is 0.200. The lowest BCUT2D eigenvalue weighted by Crippen LogP contribution is -2.35. The number of para-hydroxylation sites is 2. The molecule has 0 bridgehead atoms. The van der Waals surface area contributed by atoms with Gasteiger partial charge in [0, 0.05) is 18.2 Å². The third-order valence-corrected chi connectivity index (χ3v) is 3.64. The van der Waals surface area contributed by atoms with Crippen LogP contribution in [-0.2, 0) is 6.42 Å². The van der Waals surface area contributed by atoms with Crippen molar-refractivity contribution in [3.8, 4) is 0 Å². The van der Waals surface area contributed by atoms with Gasteiger partial charge in [0.15, 0.2) is 6.23 Å². The Bertz CT molecular complexity index is 657. The van der Waals surface area contributed by atoms with Crippen molar-refractivity contribution in [2.45, 2.75) is 12.6 Å². The van der Waals surface area contributed by atoms with Crippen molar-refractivity contribution in [1.82, 2.24) is 0 Å². The molecule has 3 rings (SSSR count). The van der Waals surface area contributed by atoms with Gasteiger partial charge < -0.3 is 10.0 Å². The van der Waals surface area contributed by atoms with Crippen molar-refractivity contribution >= 4 is 11.4 Å². The lowest BCUT2D eigenvalue weighted by molar-refractivity contribution is -0.384. The van der Waals surface area contributed by atoms with E-state index in [0.29, 0.717) is 12.2 Å². The summed E-state index contributed by atoms with van der Waals surface area (Å²) in [6.45, 7) is 0.559. The fourth-order valence-electron chi connectivity index (χ4n) is 2.66. The molecule has 20 heavy (non-hydrogen) atoms. The van der Waals surface area contributed by atoms with Crippen LogP contribution in [0.25, 0.3) is 0 Å². The highest BCUT2D eigenvalue weighted by Crippen LogP contribution is 2.36. The van der Waals surface area contributed by atoms with E-state index in [1.165, 1.54) is 6.07 Å². The Kier molecular flexibility index (Phi) is 3.12. The maximum Gasteiger partial charge on any atom is 0.292 e. The van der Waals surface area contributed by atoms with Crippen LogP contribution < -0.4 is 4.90 Å². The summed E-state index contributed by atoms with van der Waals surface area (Å²) in [6, 6.07) is 14.2. The summed E-state index contributed by atoms with van der Waals surface area (Å²) in [5.41, 5.74) is 2.39. The predicted molar refractivity (Wildman–Crippen MR) is 75.5 cm³/mol. The van der Waals surface area contributed by atoms with Crippen molar-refractivity contribution in [3.05, 3.63) is 69.8 Å². The molecule has 0 radical (unpaired) electrons. The summed E-state index contributed by atoms with van der Waals surface area (Å²) in [6.07, 6.45) is -0.0831. The van der Waals surface area contributed by atoms with Crippen LogP contribution in [0.5, 0.6) is 0 Å². The quantitative estimate of drug-likeness (QED) is 0.673. The van der Waals surface area contributed by atoms with E-state index in [1.54, 1.807) is 23.1 Å². The van der Waals surface area contributed by atoms with E-state index < -0.39 is 11.2 Å². The van der Waals surface area contributed by atoms with Gasteiger partial charge in [-0.1, -0.05) is 36.4 Å². The first kappa shape index (κ1) is 12.6. The van der Waals surface area contributed by atoms with E-state index in [4.69, 9.17) is 0 Å². The van der Waals surface area contributed by atoms with Gasteiger partial charge >= 0.3 is 0 Å². The Hall–Kier alpha value is -2.40. The third-order valence-electron chi connectivity index (χ3n) is 3.64. The largest absolute Gasteiger partial charge is 0.369 e. The van der Waals surface area contributed by atoms with Crippen molar-refractivity contribution in [2.75, 3.05) is 11.4 Å². The number of fused-ring (bicyclic) bond motifs is 1. The Balaban J connectivity index is 2.03. The lowest BCUT2D eigenvalue weighted by atomic mass is 9.97. The van der Waals surface area contributed by atoms with E-state index in [-0.39, 0.29) is 5.69 Å². The van der Waals surface area contributed by atoms with E-state index in [2.05, 4.69) is 0 Å². The van der Waals surface area contributed by atoms with Crippen LogP contribution >= 0.6 is 0 Å². The first-order valence-electron chi connectivity index (χ1n) is 6.44. The lowest BCUT2D eigenvalue weighted by Gasteiger charge is -2.35. The van der Waals surface area contributed by atoms with Crippen LogP contribution in [0.2, 0.25) is 0 Å². The molecule has 1 unspecified atom stereocenters. The highest BCUT2D eigenvalue weighted by molar-refractivity contribution is 5.64. The van der Waals surface area contributed by atoms with Crippen molar-refractivity contribution in [3.63, 3.8) is 0 Å². The zero-order valence-corrected chi connectivity index (χ0v) is 10.8. The number of anilines is 1. The molecule has 0 saturated heterocycles. The number of nitro groups is 1. The van der Waals surface area contributed by atoms with Gasteiger partial charge in [-0.3, -0.25) is 10.1 Å². The molecule has 5 nitrogen and oxygen atoms in total. The molecule has 0 fully saturated rings. The average molecular weight is 270 g/mol. The summed E-state index contributed by atoms with van der Waals surface area (Å²) in [4.78, 5) is 12.4. The molecule has 0 saturated carbocycles. The molecule has 102 valence electrons. The standard InChI is InChI=1S/C15H14N2O3/c18-15-12-6-2-1-5-11(12)9-10-16(15)13-7-3-4-8-14(13)17(19)20/h1-8,15,18H,9-10H2. The van der Waals surface area contributed by atoms with Gasteiger partial charge in [-0.05, 0) is 18.1 Å². The molecular formula is C15H14N2O3. The SMILES string of the molecule is O=[N+]([O-])c1ccccc1N1CCc2ccccc2C1O. The van der Waals surface area contributed by atoms with Crippen LogP contribution in [0.4, 0.5) is 11.4 Å². The minimum Gasteiger partial charge on any atom is -0.369 e. The second kappa shape index (κ2) is 4.94. The average Bonchev–Trinajstić information content (AvgIpc) is 2.48. The topological polar surface area (TPSA) is 66.6 Å². The van der Waals surface area contributed by atoms with Crippen molar-refractivity contribution in [2.24, 2.45) is 0 Å². The monoisotopic (exact) mass is 270 g/mol. The van der Waals surface area contributed by atoms with E-state index in [1.807, 2.05) is 24.3 Å². The Labute approximate surface area is 116 Å². The molecule has 5 heteroatoms. The highest BCUT2D eigenvalue weighted by Gasteiger charge is 2.29. The molecule has 1 atom stereocenters. The van der Waals surface area contributed by atoms with Crippen molar-refractivity contribution < 1.29 is 10.0 Å².